The number of fused-ring (bicyclic) bond motifs is 1. The highest BCUT2D eigenvalue weighted by molar-refractivity contribution is 7.18. The molecule has 0 aliphatic carbocycles. The summed E-state index contributed by atoms with van der Waals surface area (Å²) in [6, 6.07) is 4.93. The van der Waals surface area contributed by atoms with E-state index in [1.807, 2.05) is 6.92 Å². The van der Waals surface area contributed by atoms with Crippen LogP contribution in [0.15, 0.2) is 18.2 Å². The first-order chi connectivity index (χ1) is 7.70. The molecule has 0 aliphatic heterocycles. The summed E-state index contributed by atoms with van der Waals surface area (Å²) in [5.74, 6) is -0.915. The molecule has 16 heavy (non-hydrogen) atoms. The molecule has 4 nitrogen and oxygen atoms in total. The maximum atomic E-state index is 10.8. The molecule has 5 heteroatoms. The molecule has 0 fully saturated rings. The van der Waals surface area contributed by atoms with Crippen molar-refractivity contribution in [1.82, 2.24) is 4.98 Å². The predicted octanol–water partition coefficient (Wildman–Crippen LogP) is 2.53. The van der Waals surface area contributed by atoms with Gasteiger partial charge in [0.1, 0.15) is 5.01 Å². The molecule has 0 spiro atoms. The van der Waals surface area contributed by atoms with Gasteiger partial charge >= 0.3 is 5.97 Å². The lowest BCUT2D eigenvalue weighted by molar-refractivity contribution is 0.0697. The van der Waals surface area contributed by atoms with Gasteiger partial charge in [-0.2, -0.15) is 0 Å². The molecule has 2 aromatic rings. The molecular weight excluding hydrogens is 226 g/mol. The number of rotatable bonds is 4. The zero-order chi connectivity index (χ0) is 11.5. The molecule has 1 aromatic heterocycles. The fraction of sp³-hybridized carbons (Fsp3) is 0.273. The van der Waals surface area contributed by atoms with Gasteiger partial charge in [0, 0.05) is 6.61 Å². The molecule has 2 rings (SSSR count). The summed E-state index contributed by atoms with van der Waals surface area (Å²) in [6.45, 7) is 3.06. The number of carboxylic acid groups (broad SMARTS) is 1. The van der Waals surface area contributed by atoms with E-state index in [0.717, 1.165) is 15.2 Å². The predicted molar refractivity (Wildman–Crippen MR) is 61.9 cm³/mol. The van der Waals surface area contributed by atoms with Gasteiger partial charge in [-0.25, -0.2) is 9.78 Å². The third-order valence-corrected chi connectivity index (χ3v) is 3.10. The van der Waals surface area contributed by atoms with Crippen molar-refractivity contribution >= 4 is 27.5 Å². The normalized spacial score (nSPS) is 10.8. The maximum Gasteiger partial charge on any atom is 0.335 e. The van der Waals surface area contributed by atoms with Crippen molar-refractivity contribution in [2.45, 2.75) is 13.5 Å². The zero-order valence-corrected chi connectivity index (χ0v) is 9.58. The molecule has 0 bridgehead atoms. The van der Waals surface area contributed by atoms with Gasteiger partial charge in [0.05, 0.1) is 22.4 Å². The van der Waals surface area contributed by atoms with Gasteiger partial charge in [0.25, 0.3) is 0 Å². The van der Waals surface area contributed by atoms with E-state index in [4.69, 9.17) is 9.84 Å². The molecule has 0 unspecified atom stereocenters. The Balaban J connectivity index is 2.34. The Morgan fingerprint density at radius 2 is 2.38 bits per heavy atom. The first-order valence-corrected chi connectivity index (χ1v) is 5.73. The summed E-state index contributed by atoms with van der Waals surface area (Å²) in [5, 5.41) is 9.73. The van der Waals surface area contributed by atoms with Crippen LogP contribution in [0.3, 0.4) is 0 Å². The molecule has 84 valence electrons. The lowest BCUT2D eigenvalue weighted by Gasteiger charge is -1.93. The summed E-state index contributed by atoms with van der Waals surface area (Å²) in [4.78, 5) is 15.1. The monoisotopic (exact) mass is 237 g/mol. The average Bonchev–Trinajstić information content (AvgIpc) is 2.67. The number of carbonyl (C=O) groups is 1. The second-order valence-corrected chi connectivity index (χ2v) is 4.35. The van der Waals surface area contributed by atoms with Gasteiger partial charge in [-0.05, 0) is 25.1 Å². The summed E-state index contributed by atoms with van der Waals surface area (Å²) in [6.07, 6.45) is 0. The largest absolute Gasteiger partial charge is 0.478 e. The van der Waals surface area contributed by atoms with E-state index in [9.17, 15) is 4.79 Å². The first kappa shape index (κ1) is 11.0. The standard InChI is InChI=1S/C11H11NO3S/c1-2-15-6-10-12-8-4-3-7(11(13)14)5-9(8)16-10/h3-5H,2,6H2,1H3,(H,13,14). The molecule has 0 aliphatic rings. The van der Waals surface area contributed by atoms with Crippen LogP contribution in [0.1, 0.15) is 22.3 Å². The fourth-order valence-electron chi connectivity index (χ4n) is 1.36. The second-order valence-electron chi connectivity index (χ2n) is 3.23. The molecule has 0 amide bonds. The Morgan fingerprint density at radius 3 is 3.06 bits per heavy atom. The van der Waals surface area contributed by atoms with Crippen molar-refractivity contribution in [3.8, 4) is 0 Å². The minimum atomic E-state index is -0.915. The Bertz CT molecular complexity index is 521. The van der Waals surface area contributed by atoms with Crippen LogP contribution in [0, 0.1) is 0 Å². The molecule has 1 heterocycles. The number of nitrogens with zero attached hydrogens (tertiary/aromatic N) is 1. The molecule has 0 atom stereocenters. The number of ether oxygens (including phenoxy) is 1. The fourth-order valence-corrected chi connectivity index (χ4v) is 2.30. The van der Waals surface area contributed by atoms with Crippen LogP contribution in [0.2, 0.25) is 0 Å². The van der Waals surface area contributed by atoms with Gasteiger partial charge in [0.15, 0.2) is 0 Å². The minimum Gasteiger partial charge on any atom is -0.478 e. The third-order valence-electron chi connectivity index (χ3n) is 2.11. The molecule has 1 N–H and O–H groups in total. The molecular formula is C11H11NO3S. The topological polar surface area (TPSA) is 59.4 Å². The molecule has 0 saturated heterocycles. The van der Waals surface area contributed by atoms with Crippen molar-refractivity contribution in [2.75, 3.05) is 6.61 Å². The quantitative estimate of drug-likeness (QED) is 0.887. The van der Waals surface area contributed by atoms with Crippen LogP contribution in [0.25, 0.3) is 10.2 Å². The number of thiazole rings is 1. The second kappa shape index (κ2) is 4.59. The van der Waals surface area contributed by atoms with E-state index in [2.05, 4.69) is 4.98 Å². The van der Waals surface area contributed by atoms with Gasteiger partial charge in [-0.15, -0.1) is 11.3 Å². The SMILES string of the molecule is CCOCc1nc2ccc(C(=O)O)cc2s1. The van der Waals surface area contributed by atoms with Crippen molar-refractivity contribution in [3.63, 3.8) is 0 Å². The smallest absolute Gasteiger partial charge is 0.335 e. The Morgan fingerprint density at radius 1 is 1.56 bits per heavy atom. The van der Waals surface area contributed by atoms with E-state index >= 15 is 0 Å². The van der Waals surface area contributed by atoms with Crippen LogP contribution in [-0.2, 0) is 11.3 Å². The average molecular weight is 237 g/mol. The Kier molecular flexibility index (Phi) is 3.17. The summed E-state index contributed by atoms with van der Waals surface area (Å²) in [7, 11) is 0. The van der Waals surface area contributed by atoms with Crippen LogP contribution >= 0.6 is 11.3 Å². The van der Waals surface area contributed by atoms with E-state index < -0.39 is 5.97 Å². The molecule has 1 aromatic carbocycles. The van der Waals surface area contributed by atoms with Crippen molar-refractivity contribution < 1.29 is 14.6 Å². The summed E-state index contributed by atoms with van der Waals surface area (Å²) in [5.41, 5.74) is 1.11. The maximum absolute atomic E-state index is 10.8. The lowest BCUT2D eigenvalue weighted by atomic mass is 10.2. The highest BCUT2D eigenvalue weighted by atomic mass is 32.1. The number of hydrogen-bond acceptors (Lipinski definition) is 4. The van der Waals surface area contributed by atoms with Crippen LogP contribution in [0.4, 0.5) is 0 Å². The van der Waals surface area contributed by atoms with E-state index in [1.54, 1.807) is 18.2 Å². The Hall–Kier alpha value is -1.46. The third kappa shape index (κ3) is 2.20. The summed E-state index contributed by atoms with van der Waals surface area (Å²) >= 11 is 1.47. The van der Waals surface area contributed by atoms with E-state index in [-0.39, 0.29) is 0 Å². The number of benzene rings is 1. The van der Waals surface area contributed by atoms with Crippen molar-refractivity contribution in [2.24, 2.45) is 0 Å². The van der Waals surface area contributed by atoms with Crippen LogP contribution in [-0.4, -0.2) is 22.7 Å². The number of aromatic carboxylic acids is 1. The van der Waals surface area contributed by atoms with Crippen molar-refractivity contribution in [1.29, 1.82) is 0 Å². The van der Waals surface area contributed by atoms with E-state index in [0.29, 0.717) is 18.8 Å². The zero-order valence-electron chi connectivity index (χ0n) is 8.77. The van der Waals surface area contributed by atoms with Gasteiger partial charge < -0.3 is 9.84 Å². The van der Waals surface area contributed by atoms with Crippen LogP contribution in [0.5, 0.6) is 0 Å². The number of carboxylic acids is 1. The molecule has 0 radical (unpaired) electrons. The van der Waals surface area contributed by atoms with E-state index in [1.165, 1.54) is 11.3 Å². The van der Waals surface area contributed by atoms with Crippen molar-refractivity contribution in [3.05, 3.63) is 28.8 Å². The summed E-state index contributed by atoms with van der Waals surface area (Å²) < 4.78 is 6.14. The molecule has 0 saturated carbocycles. The lowest BCUT2D eigenvalue weighted by Crippen LogP contribution is -1.94. The number of hydrogen-bond donors (Lipinski definition) is 1. The number of aromatic nitrogens is 1. The van der Waals surface area contributed by atoms with Crippen LogP contribution < -0.4 is 0 Å². The Labute approximate surface area is 96.5 Å². The highest BCUT2D eigenvalue weighted by Crippen LogP contribution is 2.23. The highest BCUT2D eigenvalue weighted by Gasteiger charge is 2.07. The van der Waals surface area contributed by atoms with Gasteiger partial charge in [0.2, 0.25) is 0 Å². The minimum absolute atomic E-state index is 0.291. The first-order valence-electron chi connectivity index (χ1n) is 4.91. The van der Waals surface area contributed by atoms with Gasteiger partial charge in [-0.3, -0.25) is 0 Å². The van der Waals surface area contributed by atoms with Gasteiger partial charge in [-0.1, -0.05) is 0 Å².